The summed E-state index contributed by atoms with van der Waals surface area (Å²) in [7, 11) is -7.44. The average molecular weight is 926 g/mol. The number of nitrogens with zero attached hydrogens (tertiary/aromatic N) is 6. The molecule has 3 aliphatic heterocycles. The topological polar surface area (TPSA) is 273 Å². The van der Waals surface area contributed by atoms with Gasteiger partial charge in [-0.2, -0.15) is 0 Å². The fourth-order valence-electron chi connectivity index (χ4n) is 4.52. The van der Waals surface area contributed by atoms with Crippen molar-refractivity contribution in [2.75, 3.05) is 21.3 Å². The minimum Gasteiger partial charge on any atom is -0.479 e. The molecule has 3 aromatic rings. The minimum atomic E-state index is -4.19. The van der Waals surface area contributed by atoms with Gasteiger partial charge in [-0.25, -0.2) is 25.3 Å². The predicted molar refractivity (Wildman–Crippen MR) is 203 cm³/mol. The molecule has 0 spiro atoms. The molecule has 3 aliphatic rings. The molecule has 318 valence electrons. The molecule has 0 fully saturated rings. The molecule has 0 N–H and O–H groups in total. The number of alkyl halides is 3. The smallest absolute Gasteiger partial charge is 0.283 e. The summed E-state index contributed by atoms with van der Waals surface area (Å²) in [6, 6.07) is 3.94. The van der Waals surface area contributed by atoms with Crippen molar-refractivity contribution in [2.24, 2.45) is 15.5 Å². The van der Waals surface area contributed by atoms with E-state index < -0.39 is 54.7 Å². The van der Waals surface area contributed by atoms with Gasteiger partial charge in [-0.3, -0.25) is 0 Å². The highest BCUT2D eigenvalue weighted by Crippen LogP contribution is 2.44. The summed E-state index contributed by atoms with van der Waals surface area (Å²) in [6.45, 7) is 10.4. The highest BCUT2D eigenvalue weighted by molar-refractivity contribution is 8.09. The first kappa shape index (κ1) is 45.9. The second-order valence-corrected chi connectivity index (χ2v) is 22.6. The Balaban J connectivity index is 0.000000190. The Hall–Kier alpha value is -3.84. The largest absolute Gasteiger partial charge is 0.479 e. The summed E-state index contributed by atoms with van der Waals surface area (Å²) < 4.78 is 98.6. The van der Waals surface area contributed by atoms with Crippen molar-refractivity contribution in [3.8, 4) is 17.6 Å². The maximum absolute atomic E-state index is 12.4. The Bertz CT molecular complexity index is 2350. The quantitative estimate of drug-likeness (QED) is 0.251. The van der Waals surface area contributed by atoms with Crippen LogP contribution in [0.15, 0.2) is 47.2 Å². The second kappa shape index (κ2) is 16.8. The van der Waals surface area contributed by atoms with Gasteiger partial charge in [-0.15, -0.1) is 0 Å². The van der Waals surface area contributed by atoms with Gasteiger partial charge in [0.2, 0.25) is 34.2 Å². The Morgan fingerprint density at radius 2 is 1.11 bits per heavy atom. The molecule has 0 amide bonds. The first-order valence-electron chi connectivity index (χ1n) is 16.2. The standard InChI is InChI=1S/C10H12Cl2N2O5S.C10H13ClN2O5S.C10H14N2O5S/c1-9(2)5-8(14-19-9)20(15,16)10(11,12)6-4-7(17-3)13-18-6;1-10(2)5-8(13-18-10)19(14,15)9(11)6-4-7(16-3)12-17-6;1-10(2)5-9(12-17-10)18(13,14)6-7-4-8(15-3)11-16-7/h4H,5H2,1-3H3;4,9H,5H2,1-3H3;4H,5-6H2,1-3H3. The predicted octanol–water partition coefficient (Wildman–Crippen LogP) is 5.16. The van der Waals surface area contributed by atoms with Gasteiger partial charge >= 0.3 is 0 Å². The number of methoxy groups -OCH3 is 3. The van der Waals surface area contributed by atoms with Crippen LogP contribution >= 0.6 is 34.8 Å². The number of hydrogen-bond acceptors (Lipinski definition) is 21. The van der Waals surface area contributed by atoms with Gasteiger partial charge in [0, 0.05) is 37.5 Å². The van der Waals surface area contributed by atoms with Gasteiger partial charge in [0.1, 0.15) is 22.6 Å². The van der Waals surface area contributed by atoms with Gasteiger partial charge in [-0.05, 0) is 57.0 Å². The van der Waals surface area contributed by atoms with Crippen LogP contribution in [-0.2, 0) is 53.4 Å². The molecule has 0 aliphatic carbocycles. The van der Waals surface area contributed by atoms with E-state index in [2.05, 4.69) is 30.9 Å². The highest BCUT2D eigenvalue weighted by Gasteiger charge is 2.52. The van der Waals surface area contributed by atoms with Crippen LogP contribution in [0.25, 0.3) is 0 Å². The number of sulfone groups is 3. The molecule has 0 bridgehead atoms. The molecule has 6 rings (SSSR count). The SMILES string of the molecule is COc1cc(C(Cl)(Cl)S(=O)(=O)C2=NOC(C)(C)C2)on1.COc1cc(C(Cl)S(=O)(=O)C2=NOC(C)(C)C2)on1.COc1cc(CS(=O)(=O)C2=NOC(C)(C)C2)on1. The van der Waals surface area contributed by atoms with Crippen molar-refractivity contribution < 1.29 is 67.5 Å². The van der Waals surface area contributed by atoms with Crippen molar-refractivity contribution in [1.29, 1.82) is 0 Å². The minimum absolute atomic E-state index is 0.0223. The van der Waals surface area contributed by atoms with Crippen LogP contribution in [0.1, 0.15) is 82.8 Å². The monoisotopic (exact) mass is 924 g/mol. The third-order valence-corrected chi connectivity index (χ3v) is 15.0. The highest BCUT2D eigenvalue weighted by atomic mass is 35.5. The third-order valence-electron chi connectivity index (χ3n) is 7.53. The second-order valence-electron chi connectivity index (χ2n) is 14.0. The van der Waals surface area contributed by atoms with E-state index in [1.807, 2.05) is 0 Å². The average Bonchev–Trinajstić information content (AvgIpc) is 3.97. The number of oxime groups is 3. The van der Waals surface area contributed by atoms with Crippen LogP contribution in [0.3, 0.4) is 0 Å². The Morgan fingerprint density at radius 3 is 1.54 bits per heavy atom. The van der Waals surface area contributed by atoms with E-state index in [1.165, 1.54) is 39.5 Å². The Kier molecular flexibility index (Phi) is 13.5. The molecule has 57 heavy (non-hydrogen) atoms. The maximum atomic E-state index is 12.4. The lowest BCUT2D eigenvalue weighted by Crippen LogP contribution is -2.32. The van der Waals surface area contributed by atoms with E-state index in [4.69, 9.17) is 77.1 Å². The molecule has 27 heteroatoms. The summed E-state index contributed by atoms with van der Waals surface area (Å²) in [4.78, 5) is 15.1. The van der Waals surface area contributed by atoms with Crippen LogP contribution in [0.4, 0.5) is 0 Å². The van der Waals surface area contributed by atoms with E-state index in [1.54, 1.807) is 41.5 Å². The molecule has 0 saturated heterocycles. The normalized spacial score (nSPS) is 18.8. The summed E-state index contributed by atoms with van der Waals surface area (Å²) in [5.74, 6) is 0.0637. The van der Waals surface area contributed by atoms with E-state index in [9.17, 15) is 25.3 Å². The fraction of sp³-hybridized carbons (Fsp3) is 0.600. The van der Waals surface area contributed by atoms with E-state index >= 15 is 0 Å². The lowest BCUT2D eigenvalue weighted by Gasteiger charge is -2.17. The maximum Gasteiger partial charge on any atom is 0.283 e. The van der Waals surface area contributed by atoms with Crippen LogP contribution in [0, 0.1) is 0 Å². The molecule has 0 aromatic carbocycles. The lowest BCUT2D eigenvalue weighted by molar-refractivity contribution is 0.0120. The molecule has 1 atom stereocenters. The third kappa shape index (κ3) is 10.8. The van der Waals surface area contributed by atoms with E-state index in [0.717, 1.165) is 0 Å². The van der Waals surface area contributed by atoms with E-state index in [-0.39, 0.29) is 75.1 Å². The van der Waals surface area contributed by atoms with Gasteiger partial charge in [-0.1, -0.05) is 50.3 Å². The lowest BCUT2D eigenvalue weighted by atomic mass is 10.1. The zero-order valence-electron chi connectivity index (χ0n) is 31.8. The van der Waals surface area contributed by atoms with Crippen LogP contribution in [-0.4, -0.2) is 94.0 Å². The van der Waals surface area contributed by atoms with Crippen molar-refractivity contribution in [2.45, 2.75) is 91.7 Å². The number of halogens is 3. The Labute approximate surface area is 342 Å². The zero-order chi connectivity index (χ0) is 42.8. The first-order chi connectivity index (χ1) is 26.2. The van der Waals surface area contributed by atoms with Crippen LogP contribution in [0.2, 0.25) is 0 Å². The van der Waals surface area contributed by atoms with Gasteiger partial charge < -0.3 is 42.3 Å². The number of ether oxygens (including phenoxy) is 3. The molecule has 0 saturated carbocycles. The van der Waals surface area contributed by atoms with Gasteiger partial charge in [0.25, 0.3) is 21.3 Å². The molecule has 6 heterocycles. The van der Waals surface area contributed by atoms with Crippen molar-refractivity contribution in [3.63, 3.8) is 0 Å². The van der Waals surface area contributed by atoms with Crippen LogP contribution in [0.5, 0.6) is 17.6 Å². The molecule has 3 aromatic heterocycles. The summed E-state index contributed by atoms with van der Waals surface area (Å²) in [6.07, 6.45) is 0.465. The van der Waals surface area contributed by atoms with E-state index in [0.29, 0.717) is 0 Å². The number of rotatable bonds is 9. The van der Waals surface area contributed by atoms with Crippen molar-refractivity contribution in [1.82, 2.24) is 15.5 Å². The molecule has 0 radical (unpaired) electrons. The van der Waals surface area contributed by atoms with Crippen molar-refractivity contribution >= 4 is 79.4 Å². The molecular weight excluding hydrogens is 887 g/mol. The molecule has 21 nitrogen and oxygen atoms in total. The van der Waals surface area contributed by atoms with Crippen LogP contribution < -0.4 is 14.2 Å². The number of aromatic nitrogens is 3. The zero-order valence-corrected chi connectivity index (χ0v) is 36.5. The summed E-state index contributed by atoms with van der Waals surface area (Å²) in [5, 5.41) is 20.9. The summed E-state index contributed by atoms with van der Waals surface area (Å²) >= 11 is 17.8. The number of hydrogen-bond donors (Lipinski definition) is 0. The first-order valence-corrected chi connectivity index (χ1v) is 22.1. The fourth-order valence-corrected chi connectivity index (χ4v) is 9.72. The van der Waals surface area contributed by atoms with Gasteiger partial charge in [0.15, 0.2) is 32.4 Å². The Morgan fingerprint density at radius 1 is 0.667 bits per heavy atom. The molecular formula is C30H39Cl3N6O15S3. The summed E-state index contributed by atoms with van der Waals surface area (Å²) in [5.41, 5.74) is -1.97. The van der Waals surface area contributed by atoms with Crippen molar-refractivity contribution in [3.05, 3.63) is 35.5 Å². The van der Waals surface area contributed by atoms with Gasteiger partial charge in [0.05, 0.1) is 21.3 Å². The molecule has 1 unspecified atom stereocenters.